The first-order valence-electron chi connectivity index (χ1n) is 5.83. The van der Waals surface area contributed by atoms with Crippen molar-refractivity contribution >= 4 is 23.5 Å². The smallest absolute Gasteiger partial charge is 0.307 e. The van der Waals surface area contributed by atoms with E-state index < -0.39 is 11.9 Å². The highest BCUT2D eigenvalue weighted by molar-refractivity contribution is 6.31. The van der Waals surface area contributed by atoms with Crippen molar-refractivity contribution in [2.24, 2.45) is 11.8 Å². The van der Waals surface area contributed by atoms with Gasteiger partial charge in [0.1, 0.15) is 0 Å². The monoisotopic (exact) mass is 267 g/mol. The van der Waals surface area contributed by atoms with Gasteiger partial charge in [-0.05, 0) is 24.5 Å². The van der Waals surface area contributed by atoms with E-state index in [-0.39, 0.29) is 11.8 Å². The fourth-order valence-electron chi connectivity index (χ4n) is 1.91. The zero-order valence-corrected chi connectivity index (χ0v) is 10.5. The van der Waals surface area contributed by atoms with Crippen LogP contribution < -0.4 is 5.32 Å². The Kier molecular flexibility index (Phi) is 3.87. The predicted octanol–water partition coefficient (Wildman–Crippen LogP) is 1.72. The topological polar surface area (TPSA) is 66.4 Å². The number of aliphatic carboxylic acids is 1. The second-order valence-corrected chi connectivity index (χ2v) is 4.83. The van der Waals surface area contributed by atoms with E-state index in [1.807, 2.05) is 18.2 Å². The molecular weight excluding hydrogens is 254 g/mol. The summed E-state index contributed by atoms with van der Waals surface area (Å²) >= 11 is 5.99. The van der Waals surface area contributed by atoms with Gasteiger partial charge in [-0.15, -0.1) is 0 Å². The van der Waals surface area contributed by atoms with Crippen LogP contribution in [0.4, 0.5) is 0 Å². The van der Waals surface area contributed by atoms with Crippen LogP contribution in [0.25, 0.3) is 0 Å². The van der Waals surface area contributed by atoms with Crippen molar-refractivity contribution in [3.8, 4) is 0 Å². The SMILES string of the molecule is O=C(O)[C@@H]1C[C@H]1C(=O)NCCc1ccccc1Cl. The summed E-state index contributed by atoms with van der Waals surface area (Å²) in [6.45, 7) is 0.478. The van der Waals surface area contributed by atoms with Crippen LogP contribution in [0.2, 0.25) is 5.02 Å². The molecule has 0 aromatic heterocycles. The van der Waals surface area contributed by atoms with E-state index in [0.717, 1.165) is 5.56 Å². The standard InChI is InChI=1S/C13H14ClNO3/c14-11-4-2-1-3-8(11)5-6-15-12(16)9-7-10(9)13(17)18/h1-4,9-10H,5-7H2,(H,15,16)(H,17,18)/t9-,10-/m1/s1. The molecule has 1 fully saturated rings. The van der Waals surface area contributed by atoms with E-state index in [2.05, 4.69) is 5.32 Å². The third-order valence-corrected chi connectivity index (χ3v) is 3.46. The van der Waals surface area contributed by atoms with E-state index in [1.165, 1.54) is 0 Å². The number of amides is 1. The first-order valence-corrected chi connectivity index (χ1v) is 6.21. The van der Waals surface area contributed by atoms with Gasteiger partial charge in [-0.1, -0.05) is 29.8 Å². The number of nitrogens with one attached hydrogen (secondary N) is 1. The highest BCUT2D eigenvalue weighted by atomic mass is 35.5. The van der Waals surface area contributed by atoms with Gasteiger partial charge in [0.05, 0.1) is 11.8 Å². The van der Waals surface area contributed by atoms with Crippen LogP contribution in [0.1, 0.15) is 12.0 Å². The molecule has 0 aliphatic heterocycles. The molecule has 5 heteroatoms. The summed E-state index contributed by atoms with van der Waals surface area (Å²) in [5.74, 6) is -1.91. The van der Waals surface area contributed by atoms with E-state index in [9.17, 15) is 9.59 Å². The third kappa shape index (κ3) is 3.01. The van der Waals surface area contributed by atoms with Crippen LogP contribution in [0.5, 0.6) is 0 Å². The maximum Gasteiger partial charge on any atom is 0.307 e. The number of halogens is 1. The normalized spacial score (nSPS) is 21.4. The van der Waals surface area contributed by atoms with Gasteiger partial charge in [-0.2, -0.15) is 0 Å². The number of carbonyl (C=O) groups excluding carboxylic acids is 1. The lowest BCUT2D eigenvalue weighted by Gasteiger charge is -2.06. The summed E-state index contributed by atoms with van der Waals surface area (Å²) in [5, 5.41) is 12.1. The Morgan fingerprint density at radius 1 is 1.33 bits per heavy atom. The van der Waals surface area contributed by atoms with Crippen molar-refractivity contribution in [3.63, 3.8) is 0 Å². The Labute approximate surface area is 110 Å². The maximum atomic E-state index is 11.6. The van der Waals surface area contributed by atoms with Crippen LogP contribution >= 0.6 is 11.6 Å². The molecule has 1 amide bonds. The molecule has 0 radical (unpaired) electrons. The van der Waals surface area contributed by atoms with Gasteiger partial charge in [0.15, 0.2) is 0 Å². The van der Waals surface area contributed by atoms with Crippen LogP contribution in [0.15, 0.2) is 24.3 Å². The molecule has 4 nitrogen and oxygen atoms in total. The third-order valence-electron chi connectivity index (χ3n) is 3.10. The molecule has 0 spiro atoms. The average molecular weight is 268 g/mol. The fourth-order valence-corrected chi connectivity index (χ4v) is 2.14. The highest BCUT2D eigenvalue weighted by Crippen LogP contribution is 2.38. The first kappa shape index (κ1) is 12.9. The molecule has 0 heterocycles. The van der Waals surface area contributed by atoms with Crippen molar-refractivity contribution in [1.82, 2.24) is 5.32 Å². The van der Waals surface area contributed by atoms with Crippen LogP contribution in [0.3, 0.4) is 0 Å². The maximum absolute atomic E-state index is 11.6. The quantitative estimate of drug-likeness (QED) is 0.854. The number of rotatable bonds is 5. The molecule has 2 atom stereocenters. The van der Waals surface area contributed by atoms with Crippen molar-refractivity contribution in [1.29, 1.82) is 0 Å². The van der Waals surface area contributed by atoms with Gasteiger partial charge in [0.25, 0.3) is 0 Å². The van der Waals surface area contributed by atoms with Gasteiger partial charge in [-0.25, -0.2) is 0 Å². The zero-order chi connectivity index (χ0) is 13.1. The zero-order valence-electron chi connectivity index (χ0n) is 9.73. The summed E-state index contributed by atoms with van der Waals surface area (Å²) in [6.07, 6.45) is 1.10. The minimum atomic E-state index is -0.888. The number of carboxylic acids is 1. The molecule has 0 bridgehead atoms. The Morgan fingerprint density at radius 2 is 2.06 bits per heavy atom. The molecule has 1 aromatic carbocycles. The van der Waals surface area contributed by atoms with Crippen molar-refractivity contribution in [2.75, 3.05) is 6.54 Å². The molecule has 0 unspecified atom stereocenters. The Bertz CT molecular complexity index is 475. The number of hydrogen-bond acceptors (Lipinski definition) is 2. The second-order valence-electron chi connectivity index (χ2n) is 4.42. The summed E-state index contributed by atoms with van der Waals surface area (Å²) in [6, 6.07) is 7.46. The summed E-state index contributed by atoms with van der Waals surface area (Å²) in [7, 11) is 0. The number of benzene rings is 1. The molecule has 1 aliphatic rings. The number of carbonyl (C=O) groups is 2. The summed E-state index contributed by atoms with van der Waals surface area (Å²) in [5.41, 5.74) is 0.977. The molecule has 2 rings (SSSR count). The van der Waals surface area contributed by atoms with Gasteiger partial charge >= 0.3 is 5.97 Å². The van der Waals surface area contributed by atoms with Crippen LogP contribution in [-0.2, 0) is 16.0 Å². The summed E-state index contributed by atoms with van der Waals surface area (Å²) in [4.78, 5) is 22.2. The van der Waals surface area contributed by atoms with E-state index in [0.29, 0.717) is 24.4 Å². The van der Waals surface area contributed by atoms with E-state index >= 15 is 0 Å². The molecule has 96 valence electrons. The molecule has 1 saturated carbocycles. The lowest BCUT2D eigenvalue weighted by molar-refractivity contribution is -0.140. The lowest BCUT2D eigenvalue weighted by Crippen LogP contribution is -2.28. The lowest BCUT2D eigenvalue weighted by atomic mass is 10.1. The molecule has 0 saturated heterocycles. The average Bonchev–Trinajstić information content (AvgIpc) is 3.11. The van der Waals surface area contributed by atoms with Crippen LogP contribution in [0, 0.1) is 11.8 Å². The molecule has 1 aliphatic carbocycles. The minimum absolute atomic E-state index is 0.172. The van der Waals surface area contributed by atoms with Crippen molar-refractivity contribution < 1.29 is 14.7 Å². The van der Waals surface area contributed by atoms with Gasteiger partial charge in [0.2, 0.25) is 5.91 Å². The van der Waals surface area contributed by atoms with Crippen molar-refractivity contribution in [3.05, 3.63) is 34.9 Å². The Morgan fingerprint density at radius 3 is 2.67 bits per heavy atom. The minimum Gasteiger partial charge on any atom is -0.481 e. The van der Waals surface area contributed by atoms with E-state index in [1.54, 1.807) is 6.07 Å². The van der Waals surface area contributed by atoms with E-state index in [4.69, 9.17) is 16.7 Å². The molecular formula is C13H14ClNO3. The Hall–Kier alpha value is -1.55. The molecule has 1 aromatic rings. The predicted molar refractivity (Wildman–Crippen MR) is 67.4 cm³/mol. The molecule has 2 N–H and O–H groups in total. The van der Waals surface area contributed by atoms with Gasteiger partial charge < -0.3 is 10.4 Å². The highest BCUT2D eigenvalue weighted by Gasteiger charge is 2.48. The fraction of sp³-hybridized carbons (Fsp3) is 0.385. The van der Waals surface area contributed by atoms with Crippen LogP contribution in [-0.4, -0.2) is 23.5 Å². The largest absolute Gasteiger partial charge is 0.481 e. The van der Waals surface area contributed by atoms with Crippen molar-refractivity contribution in [2.45, 2.75) is 12.8 Å². The molecule has 18 heavy (non-hydrogen) atoms. The summed E-state index contributed by atoms with van der Waals surface area (Å²) < 4.78 is 0. The van der Waals surface area contributed by atoms with Gasteiger partial charge in [0, 0.05) is 11.6 Å². The number of hydrogen-bond donors (Lipinski definition) is 2. The number of carboxylic acid groups (broad SMARTS) is 1. The Balaban J connectivity index is 1.75. The first-order chi connectivity index (χ1) is 8.59. The van der Waals surface area contributed by atoms with Gasteiger partial charge in [-0.3, -0.25) is 9.59 Å². The second kappa shape index (κ2) is 5.40.